The van der Waals surface area contributed by atoms with Crippen LogP contribution in [0.4, 0.5) is 5.69 Å². The molecule has 6 nitrogen and oxygen atoms in total. The summed E-state index contributed by atoms with van der Waals surface area (Å²) in [5.41, 5.74) is 2.73. The predicted octanol–water partition coefficient (Wildman–Crippen LogP) is 6.11. The van der Waals surface area contributed by atoms with Gasteiger partial charge < -0.3 is 9.64 Å². The Morgan fingerprint density at radius 3 is 2.36 bits per heavy atom. The molecule has 1 fully saturated rings. The second-order valence-corrected chi connectivity index (χ2v) is 11.7. The van der Waals surface area contributed by atoms with E-state index in [4.69, 9.17) is 4.74 Å². The van der Waals surface area contributed by atoms with Gasteiger partial charge in [-0.1, -0.05) is 43.2 Å². The fourth-order valence-electron chi connectivity index (χ4n) is 4.28. The number of ether oxygens (including phenoxy) is 1. The lowest BCUT2D eigenvalue weighted by atomic mass is 10.1. The smallest absolute Gasteiger partial charge is 0.261 e. The number of anilines is 1. The Bertz CT molecular complexity index is 1300. The average Bonchev–Trinajstić information content (AvgIpc) is 3.18. The Kier molecular flexibility index (Phi) is 8.59. The van der Waals surface area contributed by atoms with Crippen molar-refractivity contribution in [3.63, 3.8) is 0 Å². The summed E-state index contributed by atoms with van der Waals surface area (Å²) in [6.07, 6.45) is 4.10. The molecule has 1 amide bonds. The highest BCUT2D eigenvalue weighted by Gasteiger charge is 2.24. The maximum Gasteiger partial charge on any atom is 0.261 e. The number of amides is 1. The average molecular weight is 525 g/mol. The van der Waals surface area contributed by atoms with Crippen molar-refractivity contribution in [1.82, 2.24) is 4.90 Å². The van der Waals surface area contributed by atoms with Crippen LogP contribution in [0, 0.1) is 6.92 Å². The molecule has 0 saturated carbocycles. The van der Waals surface area contributed by atoms with Gasteiger partial charge in [-0.3, -0.25) is 9.52 Å². The van der Waals surface area contributed by atoms with Crippen molar-refractivity contribution in [2.24, 2.45) is 0 Å². The van der Waals surface area contributed by atoms with Crippen molar-refractivity contribution in [3.05, 3.63) is 83.4 Å². The standard InChI is InChI=1S/C28H32N2O4S2/c1-21-18-22(20-35-23-10-6-5-7-11-23)12-14-26(21)29-36(32,33)24-13-15-27(34-2)25(19-24)28(31)30-16-8-3-4-9-17-30/h5-7,10-15,18-19,29H,3-4,8-9,16-17,20H2,1-2H3. The number of benzene rings is 3. The molecular weight excluding hydrogens is 492 g/mol. The summed E-state index contributed by atoms with van der Waals surface area (Å²) in [6.45, 7) is 3.23. The molecule has 0 atom stereocenters. The first-order valence-electron chi connectivity index (χ1n) is 12.1. The molecule has 0 bridgehead atoms. The molecule has 0 aromatic heterocycles. The van der Waals surface area contributed by atoms with Gasteiger partial charge in [0.15, 0.2) is 0 Å². The van der Waals surface area contributed by atoms with Crippen molar-refractivity contribution in [2.45, 2.75) is 48.2 Å². The van der Waals surface area contributed by atoms with E-state index < -0.39 is 10.0 Å². The van der Waals surface area contributed by atoms with Crippen LogP contribution in [0.3, 0.4) is 0 Å². The molecule has 3 aromatic rings. The zero-order chi connectivity index (χ0) is 25.5. The summed E-state index contributed by atoms with van der Waals surface area (Å²) in [7, 11) is -2.42. The zero-order valence-electron chi connectivity index (χ0n) is 20.7. The van der Waals surface area contributed by atoms with Gasteiger partial charge in [-0.25, -0.2) is 8.42 Å². The molecule has 1 aliphatic rings. The molecule has 0 aliphatic carbocycles. The van der Waals surface area contributed by atoms with E-state index in [1.54, 1.807) is 28.8 Å². The third-order valence-corrected chi connectivity index (χ3v) is 8.74. The van der Waals surface area contributed by atoms with E-state index in [0.29, 0.717) is 24.5 Å². The van der Waals surface area contributed by atoms with Crippen LogP contribution < -0.4 is 9.46 Å². The maximum absolute atomic E-state index is 13.3. The summed E-state index contributed by atoms with van der Waals surface area (Å²) in [5, 5.41) is 0. The van der Waals surface area contributed by atoms with Crippen LogP contribution in [-0.4, -0.2) is 39.4 Å². The summed E-state index contributed by atoms with van der Waals surface area (Å²) in [4.78, 5) is 16.3. The van der Waals surface area contributed by atoms with E-state index in [2.05, 4.69) is 16.9 Å². The second-order valence-electron chi connectivity index (χ2n) is 8.93. The molecule has 0 spiro atoms. The van der Waals surface area contributed by atoms with Crippen molar-refractivity contribution in [2.75, 3.05) is 24.9 Å². The number of hydrogen-bond donors (Lipinski definition) is 1. The van der Waals surface area contributed by atoms with Crippen LogP contribution in [0.2, 0.25) is 0 Å². The fraction of sp³-hybridized carbons (Fsp3) is 0.321. The minimum Gasteiger partial charge on any atom is -0.496 e. The van der Waals surface area contributed by atoms with Gasteiger partial charge in [0.25, 0.3) is 15.9 Å². The highest BCUT2D eigenvalue weighted by molar-refractivity contribution is 7.98. The number of methoxy groups -OCH3 is 1. The lowest BCUT2D eigenvalue weighted by Crippen LogP contribution is -2.32. The number of thioether (sulfide) groups is 1. The van der Waals surface area contributed by atoms with E-state index >= 15 is 0 Å². The van der Waals surface area contributed by atoms with Crippen molar-refractivity contribution in [1.29, 1.82) is 0 Å². The number of aryl methyl sites for hydroxylation is 1. The van der Waals surface area contributed by atoms with Gasteiger partial charge in [0.05, 0.1) is 23.3 Å². The highest BCUT2D eigenvalue weighted by atomic mass is 32.2. The third-order valence-electron chi connectivity index (χ3n) is 6.29. The highest BCUT2D eigenvalue weighted by Crippen LogP contribution is 2.29. The number of carbonyl (C=O) groups is 1. The van der Waals surface area contributed by atoms with Crippen molar-refractivity contribution < 1.29 is 17.9 Å². The number of nitrogens with one attached hydrogen (secondary N) is 1. The minimum atomic E-state index is -3.90. The molecule has 8 heteroatoms. The molecule has 0 unspecified atom stereocenters. The number of rotatable bonds is 8. The second kappa shape index (κ2) is 11.8. The van der Waals surface area contributed by atoms with Crippen molar-refractivity contribution >= 4 is 33.4 Å². The molecule has 4 rings (SSSR count). The molecular formula is C28H32N2O4S2. The Morgan fingerprint density at radius 1 is 0.972 bits per heavy atom. The van der Waals surface area contributed by atoms with Crippen LogP contribution in [0.15, 0.2) is 76.5 Å². The van der Waals surface area contributed by atoms with Gasteiger partial charge in [-0.2, -0.15) is 0 Å². The van der Waals surface area contributed by atoms with Crippen LogP contribution >= 0.6 is 11.8 Å². The fourth-order valence-corrected chi connectivity index (χ4v) is 6.30. The van der Waals surface area contributed by atoms with E-state index in [1.807, 2.05) is 37.3 Å². The van der Waals surface area contributed by atoms with Crippen LogP contribution in [0.25, 0.3) is 0 Å². The number of sulfonamides is 1. The van der Waals surface area contributed by atoms with Gasteiger partial charge in [0.2, 0.25) is 0 Å². The summed E-state index contributed by atoms with van der Waals surface area (Å²) >= 11 is 1.73. The monoisotopic (exact) mass is 524 g/mol. The normalized spacial score (nSPS) is 14.2. The SMILES string of the molecule is COc1ccc(S(=O)(=O)Nc2ccc(CSc3ccccc3)cc2C)cc1C(=O)N1CCCCCC1. The number of carbonyl (C=O) groups excluding carboxylic acids is 1. The maximum atomic E-state index is 13.3. The molecule has 36 heavy (non-hydrogen) atoms. The Balaban J connectivity index is 1.52. The summed E-state index contributed by atoms with van der Waals surface area (Å²) in [6, 6.07) is 20.3. The van der Waals surface area contributed by atoms with Gasteiger partial charge in [0.1, 0.15) is 5.75 Å². The minimum absolute atomic E-state index is 0.0320. The molecule has 1 heterocycles. The molecule has 1 N–H and O–H groups in total. The van der Waals surface area contributed by atoms with Crippen molar-refractivity contribution in [3.8, 4) is 5.75 Å². The van der Waals surface area contributed by atoms with E-state index in [1.165, 1.54) is 24.1 Å². The molecule has 190 valence electrons. The largest absolute Gasteiger partial charge is 0.496 e. The first kappa shape index (κ1) is 26.1. The summed E-state index contributed by atoms with van der Waals surface area (Å²) < 4.78 is 34.6. The lowest BCUT2D eigenvalue weighted by molar-refractivity contribution is 0.0758. The van der Waals surface area contributed by atoms with E-state index in [-0.39, 0.29) is 16.4 Å². The van der Waals surface area contributed by atoms with Crippen LogP contribution in [0.1, 0.15) is 47.2 Å². The van der Waals surface area contributed by atoms with Gasteiger partial charge in [-0.15, -0.1) is 11.8 Å². The number of hydrogen-bond acceptors (Lipinski definition) is 5. The Morgan fingerprint density at radius 2 is 1.69 bits per heavy atom. The molecule has 0 radical (unpaired) electrons. The topological polar surface area (TPSA) is 75.7 Å². The van der Waals surface area contributed by atoms with Gasteiger partial charge in [-0.05, 0) is 67.3 Å². The number of likely N-dealkylation sites (tertiary alicyclic amines) is 1. The molecule has 3 aromatic carbocycles. The first-order valence-corrected chi connectivity index (χ1v) is 14.6. The van der Waals surface area contributed by atoms with E-state index in [0.717, 1.165) is 42.6 Å². The van der Waals surface area contributed by atoms with Gasteiger partial charge in [0, 0.05) is 23.7 Å². The zero-order valence-corrected chi connectivity index (χ0v) is 22.3. The van der Waals surface area contributed by atoms with Gasteiger partial charge >= 0.3 is 0 Å². The lowest BCUT2D eigenvalue weighted by Gasteiger charge is -2.22. The summed E-state index contributed by atoms with van der Waals surface area (Å²) in [5.74, 6) is 0.972. The molecule has 1 aliphatic heterocycles. The molecule has 1 saturated heterocycles. The first-order chi connectivity index (χ1) is 17.4. The van der Waals surface area contributed by atoms with E-state index in [9.17, 15) is 13.2 Å². The Labute approximate surface area is 218 Å². The number of nitrogens with zero attached hydrogens (tertiary/aromatic N) is 1. The Hall–Kier alpha value is -2.97. The quantitative estimate of drug-likeness (QED) is 0.360. The predicted molar refractivity (Wildman–Crippen MR) is 145 cm³/mol. The third kappa shape index (κ3) is 6.42. The van der Waals surface area contributed by atoms with Crippen LogP contribution in [0.5, 0.6) is 5.75 Å². The van der Waals surface area contributed by atoms with Crippen LogP contribution in [-0.2, 0) is 15.8 Å².